The number of hydrogen-bond donors (Lipinski definition) is 2. The number of carboxylic acids is 1. The van der Waals surface area contributed by atoms with Crippen molar-refractivity contribution >= 4 is 5.97 Å². The van der Waals surface area contributed by atoms with Gasteiger partial charge in [0, 0.05) is 13.0 Å². The van der Waals surface area contributed by atoms with Crippen LogP contribution in [0.3, 0.4) is 0 Å². The van der Waals surface area contributed by atoms with Crippen molar-refractivity contribution in [2.45, 2.75) is 18.6 Å². The Hall–Kier alpha value is -1.75. The predicted octanol–water partition coefficient (Wildman–Crippen LogP) is 0.889. The molecule has 1 aromatic rings. The lowest BCUT2D eigenvalue weighted by atomic mass is 10.2. The second-order valence-electron chi connectivity index (χ2n) is 3.93. The molecular weight excluding hydrogens is 222 g/mol. The van der Waals surface area contributed by atoms with Crippen LogP contribution in [0.1, 0.15) is 6.42 Å². The molecule has 92 valence electrons. The molecule has 1 saturated heterocycles. The third-order valence-electron chi connectivity index (χ3n) is 2.75. The van der Waals surface area contributed by atoms with Crippen molar-refractivity contribution in [3.8, 4) is 11.5 Å². The predicted molar refractivity (Wildman–Crippen MR) is 61.5 cm³/mol. The zero-order valence-electron chi connectivity index (χ0n) is 9.55. The highest BCUT2D eigenvalue weighted by Gasteiger charge is 2.30. The maximum absolute atomic E-state index is 10.8. The molecule has 2 rings (SSSR count). The minimum absolute atomic E-state index is 0.132. The zero-order chi connectivity index (χ0) is 12.3. The van der Waals surface area contributed by atoms with Gasteiger partial charge in [0.05, 0.1) is 7.11 Å². The van der Waals surface area contributed by atoms with Crippen LogP contribution in [0.5, 0.6) is 11.5 Å². The van der Waals surface area contributed by atoms with Gasteiger partial charge in [-0.3, -0.25) is 4.79 Å². The number of para-hydroxylation sites is 2. The molecule has 1 heterocycles. The molecule has 2 atom stereocenters. The maximum atomic E-state index is 10.8. The standard InChI is InChI=1S/C12H15NO4/c1-16-10-4-2-3-5-11(10)17-8-6-9(12(14)15)13-7-8/h2-5,8-9,13H,6-7H2,1H3,(H,14,15). The SMILES string of the molecule is COc1ccccc1OC1CNC(C(=O)O)C1. The fraction of sp³-hybridized carbons (Fsp3) is 0.417. The summed E-state index contributed by atoms with van der Waals surface area (Å²) < 4.78 is 10.9. The van der Waals surface area contributed by atoms with Gasteiger partial charge in [-0.05, 0) is 12.1 Å². The normalized spacial score (nSPS) is 23.4. The summed E-state index contributed by atoms with van der Waals surface area (Å²) in [6.07, 6.45) is 0.334. The van der Waals surface area contributed by atoms with Crippen LogP contribution >= 0.6 is 0 Å². The van der Waals surface area contributed by atoms with Gasteiger partial charge >= 0.3 is 5.97 Å². The van der Waals surface area contributed by atoms with Gasteiger partial charge in [-0.2, -0.15) is 0 Å². The molecule has 0 amide bonds. The molecule has 0 spiro atoms. The summed E-state index contributed by atoms with van der Waals surface area (Å²) in [7, 11) is 1.58. The smallest absolute Gasteiger partial charge is 0.320 e. The summed E-state index contributed by atoms with van der Waals surface area (Å²) in [5.41, 5.74) is 0. The van der Waals surface area contributed by atoms with Crippen LogP contribution in [0.15, 0.2) is 24.3 Å². The highest BCUT2D eigenvalue weighted by Crippen LogP contribution is 2.28. The number of carboxylic acid groups (broad SMARTS) is 1. The lowest BCUT2D eigenvalue weighted by Gasteiger charge is -2.15. The number of methoxy groups -OCH3 is 1. The fourth-order valence-electron chi connectivity index (χ4n) is 1.88. The molecule has 0 saturated carbocycles. The Morgan fingerprint density at radius 3 is 2.71 bits per heavy atom. The molecule has 1 aliphatic heterocycles. The van der Waals surface area contributed by atoms with Crippen LogP contribution in [0.2, 0.25) is 0 Å². The first kappa shape index (κ1) is 11.7. The minimum atomic E-state index is -0.837. The van der Waals surface area contributed by atoms with Gasteiger partial charge in [0.1, 0.15) is 12.1 Å². The van der Waals surface area contributed by atoms with Crippen molar-refractivity contribution in [1.82, 2.24) is 5.32 Å². The number of carbonyl (C=O) groups is 1. The lowest BCUT2D eigenvalue weighted by Crippen LogP contribution is -2.30. The third kappa shape index (κ3) is 2.68. The van der Waals surface area contributed by atoms with Gasteiger partial charge in [0.2, 0.25) is 0 Å². The fourth-order valence-corrected chi connectivity index (χ4v) is 1.88. The van der Waals surface area contributed by atoms with E-state index in [1.165, 1.54) is 0 Å². The molecule has 0 aromatic heterocycles. The molecule has 5 nitrogen and oxygen atoms in total. The maximum Gasteiger partial charge on any atom is 0.320 e. The highest BCUT2D eigenvalue weighted by molar-refractivity contribution is 5.73. The third-order valence-corrected chi connectivity index (χ3v) is 2.75. The molecule has 17 heavy (non-hydrogen) atoms. The summed E-state index contributed by atoms with van der Waals surface area (Å²) in [4.78, 5) is 10.8. The number of rotatable bonds is 4. The molecule has 1 aromatic carbocycles. The zero-order valence-corrected chi connectivity index (χ0v) is 9.55. The Labute approximate surface area is 99.3 Å². The summed E-state index contributed by atoms with van der Waals surface area (Å²) in [6, 6.07) is 6.82. The number of nitrogens with one attached hydrogen (secondary N) is 1. The topological polar surface area (TPSA) is 67.8 Å². The average Bonchev–Trinajstić information content (AvgIpc) is 2.78. The van der Waals surface area contributed by atoms with Gasteiger partial charge < -0.3 is 19.9 Å². The first-order valence-corrected chi connectivity index (χ1v) is 5.46. The Bertz CT molecular complexity index is 407. The van der Waals surface area contributed by atoms with Gasteiger partial charge in [-0.25, -0.2) is 0 Å². The van der Waals surface area contributed by atoms with E-state index in [9.17, 15) is 4.79 Å². The van der Waals surface area contributed by atoms with E-state index in [1.54, 1.807) is 7.11 Å². The van der Waals surface area contributed by atoms with Gasteiger partial charge in [-0.1, -0.05) is 12.1 Å². The van der Waals surface area contributed by atoms with Crippen molar-refractivity contribution < 1.29 is 19.4 Å². The lowest BCUT2D eigenvalue weighted by molar-refractivity contribution is -0.139. The monoisotopic (exact) mass is 237 g/mol. The summed E-state index contributed by atoms with van der Waals surface area (Å²) >= 11 is 0. The molecule has 0 bridgehead atoms. The first-order valence-electron chi connectivity index (χ1n) is 5.46. The van der Waals surface area contributed by atoms with Crippen LogP contribution in [0, 0.1) is 0 Å². The Morgan fingerprint density at radius 1 is 1.41 bits per heavy atom. The molecule has 0 radical (unpaired) electrons. The molecule has 5 heteroatoms. The average molecular weight is 237 g/mol. The second-order valence-corrected chi connectivity index (χ2v) is 3.93. The first-order chi connectivity index (χ1) is 8.20. The van der Waals surface area contributed by atoms with Gasteiger partial charge in [0.25, 0.3) is 0 Å². The van der Waals surface area contributed by atoms with Crippen molar-refractivity contribution in [1.29, 1.82) is 0 Å². The van der Waals surface area contributed by atoms with Crippen LogP contribution in [0.25, 0.3) is 0 Å². The van der Waals surface area contributed by atoms with E-state index >= 15 is 0 Å². The van der Waals surface area contributed by atoms with E-state index in [0.29, 0.717) is 24.5 Å². The molecule has 1 fully saturated rings. The van der Waals surface area contributed by atoms with E-state index in [4.69, 9.17) is 14.6 Å². The van der Waals surface area contributed by atoms with E-state index in [1.807, 2.05) is 24.3 Å². The number of benzene rings is 1. The Kier molecular flexibility index (Phi) is 3.49. The molecule has 1 aliphatic rings. The van der Waals surface area contributed by atoms with Gasteiger partial charge in [0.15, 0.2) is 11.5 Å². The molecule has 2 N–H and O–H groups in total. The summed E-state index contributed by atoms with van der Waals surface area (Å²) in [6.45, 7) is 0.537. The van der Waals surface area contributed by atoms with Crippen molar-refractivity contribution in [2.75, 3.05) is 13.7 Å². The second kappa shape index (κ2) is 5.05. The largest absolute Gasteiger partial charge is 0.493 e. The number of ether oxygens (including phenoxy) is 2. The van der Waals surface area contributed by atoms with E-state index in [-0.39, 0.29) is 6.10 Å². The summed E-state index contributed by atoms with van der Waals surface area (Å²) in [5, 5.41) is 11.8. The molecule has 0 aliphatic carbocycles. The number of aliphatic carboxylic acids is 1. The van der Waals surface area contributed by atoms with E-state index < -0.39 is 12.0 Å². The van der Waals surface area contributed by atoms with Crippen LogP contribution in [0.4, 0.5) is 0 Å². The van der Waals surface area contributed by atoms with Crippen LogP contribution < -0.4 is 14.8 Å². The number of hydrogen-bond acceptors (Lipinski definition) is 4. The minimum Gasteiger partial charge on any atom is -0.493 e. The molecular formula is C12H15NO4. The van der Waals surface area contributed by atoms with Crippen molar-refractivity contribution in [2.24, 2.45) is 0 Å². The highest BCUT2D eigenvalue weighted by atomic mass is 16.5. The van der Waals surface area contributed by atoms with E-state index in [2.05, 4.69) is 5.32 Å². The molecule has 2 unspecified atom stereocenters. The quantitative estimate of drug-likeness (QED) is 0.814. The van der Waals surface area contributed by atoms with Crippen LogP contribution in [-0.2, 0) is 4.79 Å². The van der Waals surface area contributed by atoms with E-state index in [0.717, 1.165) is 0 Å². The van der Waals surface area contributed by atoms with Crippen molar-refractivity contribution in [3.63, 3.8) is 0 Å². The Morgan fingerprint density at radius 2 is 2.12 bits per heavy atom. The van der Waals surface area contributed by atoms with Crippen LogP contribution in [-0.4, -0.2) is 36.9 Å². The summed E-state index contributed by atoms with van der Waals surface area (Å²) in [5.74, 6) is 0.468. The van der Waals surface area contributed by atoms with Crippen molar-refractivity contribution in [3.05, 3.63) is 24.3 Å². The Balaban J connectivity index is 2.00. The van der Waals surface area contributed by atoms with Gasteiger partial charge in [-0.15, -0.1) is 0 Å².